The van der Waals surface area contributed by atoms with Crippen molar-refractivity contribution in [1.82, 2.24) is 9.13 Å². The largest absolute Gasteiger partial charge is 0.478 e. The summed E-state index contributed by atoms with van der Waals surface area (Å²) >= 11 is 0. The molecule has 1 rings (SSSR count). The lowest BCUT2D eigenvalue weighted by Crippen LogP contribution is -2.37. The molecule has 5 heteroatoms. The molecular weight excluding hydrogens is 196 g/mol. The molecule has 0 spiro atoms. The average molecular weight is 212 g/mol. The highest BCUT2D eigenvalue weighted by Gasteiger charge is 2.06. The first-order valence-electron chi connectivity index (χ1n) is 4.83. The topological polar surface area (TPSA) is 53.2 Å². The van der Waals surface area contributed by atoms with E-state index in [1.807, 2.05) is 13.8 Å². The van der Waals surface area contributed by atoms with Crippen molar-refractivity contribution in [2.24, 2.45) is 20.0 Å². The van der Waals surface area contributed by atoms with Gasteiger partial charge in [-0.05, 0) is 5.92 Å². The molecule has 1 aromatic heterocycles. The van der Waals surface area contributed by atoms with Crippen molar-refractivity contribution >= 4 is 0 Å². The number of rotatable bonds is 3. The zero-order chi connectivity index (χ0) is 11.6. The highest BCUT2D eigenvalue weighted by molar-refractivity contribution is 5.08. The minimum Gasteiger partial charge on any atom is -0.478 e. The van der Waals surface area contributed by atoms with Gasteiger partial charge >= 0.3 is 5.69 Å². The van der Waals surface area contributed by atoms with Crippen molar-refractivity contribution in [1.29, 1.82) is 0 Å². The van der Waals surface area contributed by atoms with E-state index in [2.05, 4.69) is 0 Å². The molecule has 0 aliphatic carbocycles. The highest BCUT2D eigenvalue weighted by atomic mass is 16.5. The summed E-state index contributed by atoms with van der Waals surface area (Å²) in [7, 11) is 3.02. The fraction of sp³-hybridized carbons (Fsp3) is 0.600. The summed E-state index contributed by atoms with van der Waals surface area (Å²) in [5.41, 5.74) is -0.724. The number of ether oxygens (including phenoxy) is 1. The maximum absolute atomic E-state index is 11.5. The van der Waals surface area contributed by atoms with Crippen molar-refractivity contribution < 1.29 is 4.74 Å². The molecule has 0 aromatic carbocycles. The van der Waals surface area contributed by atoms with Crippen LogP contribution in [0.15, 0.2) is 15.7 Å². The first-order chi connectivity index (χ1) is 6.93. The first-order valence-corrected chi connectivity index (χ1v) is 4.83. The summed E-state index contributed by atoms with van der Waals surface area (Å²) in [4.78, 5) is 22.8. The van der Waals surface area contributed by atoms with Crippen LogP contribution in [0.25, 0.3) is 0 Å². The zero-order valence-corrected chi connectivity index (χ0v) is 9.48. The van der Waals surface area contributed by atoms with Crippen LogP contribution in [0.1, 0.15) is 13.8 Å². The maximum atomic E-state index is 11.5. The van der Waals surface area contributed by atoms with Crippen LogP contribution in [-0.2, 0) is 14.1 Å². The van der Waals surface area contributed by atoms with Gasteiger partial charge in [-0.15, -0.1) is 0 Å². The Hall–Kier alpha value is -1.52. The maximum Gasteiger partial charge on any atom is 0.333 e. The van der Waals surface area contributed by atoms with Crippen molar-refractivity contribution in [2.75, 3.05) is 6.61 Å². The van der Waals surface area contributed by atoms with E-state index in [0.717, 1.165) is 4.57 Å². The molecular formula is C10H16N2O3. The lowest BCUT2D eigenvalue weighted by atomic mass is 10.2. The number of hydrogen-bond acceptors (Lipinski definition) is 3. The summed E-state index contributed by atoms with van der Waals surface area (Å²) in [5, 5.41) is 0. The van der Waals surface area contributed by atoms with Crippen LogP contribution >= 0.6 is 0 Å². The van der Waals surface area contributed by atoms with Gasteiger partial charge in [0.25, 0.3) is 5.56 Å². The molecule has 0 fully saturated rings. The van der Waals surface area contributed by atoms with Gasteiger partial charge in [0.15, 0.2) is 0 Å². The standard InChI is InChI=1S/C10H16N2O3/c1-7(2)6-15-9-5-8(13)11(3)10(14)12(9)4/h5,7H,6H2,1-4H3. The van der Waals surface area contributed by atoms with E-state index < -0.39 is 0 Å². The van der Waals surface area contributed by atoms with Crippen molar-refractivity contribution in [3.8, 4) is 5.88 Å². The molecule has 84 valence electrons. The third-order valence-electron chi connectivity index (χ3n) is 2.05. The second kappa shape index (κ2) is 4.33. The fourth-order valence-electron chi connectivity index (χ4n) is 1.10. The number of nitrogens with zero attached hydrogens (tertiary/aromatic N) is 2. The lowest BCUT2D eigenvalue weighted by molar-refractivity contribution is 0.248. The van der Waals surface area contributed by atoms with Crippen molar-refractivity contribution in [2.45, 2.75) is 13.8 Å². The molecule has 0 aliphatic rings. The Morgan fingerprint density at radius 3 is 2.40 bits per heavy atom. The molecule has 1 heterocycles. The van der Waals surface area contributed by atoms with Crippen LogP contribution < -0.4 is 16.0 Å². The lowest BCUT2D eigenvalue weighted by Gasteiger charge is -2.12. The Kier molecular flexibility index (Phi) is 3.34. The first kappa shape index (κ1) is 11.6. The number of aromatic nitrogens is 2. The monoisotopic (exact) mass is 212 g/mol. The molecule has 0 aliphatic heterocycles. The van der Waals surface area contributed by atoms with E-state index in [9.17, 15) is 9.59 Å². The number of hydrogen-bond donors (Lipinski definition) is 0. The van der Waals surface area contributed by atoms with E-state index in [1.54, 1.807) is 7.05 Å². The van der Waals surface area contributed by atoms with E-state index in [-0.39, 0.29) is 11.2 Å². The van der Waals surface area contributed by atoms with Gasteiger partial charge in [-0.1, -0.05) is 13.8 Å². The van der Waals surface area contributed by atoms with E-state index >= 15 is 0 Å². The van der Waals surface area contributed by atoms with Crippen LogP contribution in [0.2, 0.25) is 0 Å². The van der Waals surface area contributed by atoms with E-state index in [0.29, 0.717) is 18.4 Å². The van der Waals surface area contributed by atoms with Gasteiger partial charge in [-0.3, -0.25) is 13.9 Å². The predicted octanol–water partition coefficient (Wildman–Crippen LogP) is 0.119. The molecule has 5 nitrogen and oxygen atoms in total. The summed E-state index contributed by atoms with van der Waals surface area (Å²) in [6.07, 6.45) is 0. The Balaban J connectivity index is 3.10. The summed E-state index contributed by atoms with van der Waals surface area (Å²) in [6, 6.07) is 1.32. The highest BCUT2D eigenvalue weighted by Crippen LogP contribution is 2.04. The molecule has 15 heavy (non-hydrogen) atoms. The molecule has 0 bridgehead atoms. The Morgan fingerprint density at radius 1 is 1.27 bits per heavy atom. The third-order valence-corrected chi connectivity index (χ3v) is 2.05. The molecule has 1 aromatic rings. The minimum absolute atomic E-state index is 0.316. The average Bonchev–Trinajstić information content (AvgIpc) is 2.18. The van der Waals surface area contributed by atoms with Gasteiger partial charge < -0.3 is 4.74 Å². The molecule has 0 atom stereocenters. The van der Waals surface area contributed by atoms with Crippen LogP contribution in [0.3, 0.4) is 0 Å². The van der Waals surface area contributed by atoms with E-state index in [4.69, 9.17) is 4.74 Å². The quantitative estimate of drug-likeness (QED) is 0.715. The van der Waals surface area contributed by atoms with Gasteiger partial charge in [-0.25, -0.2) is 4.79 Å². The molecule has 0 radical (unpaired) electrons. The van der Waals surface area contributed by atoms with Crippen molar-refractivity contribution in [3.63, 3.8) is 0 Å². The van der Waals surface area contributed by atoms with Gasteiger partial charge in [0.2, 0.25) is 5.88 Å². The summed E-state index contributed by atoms with van der Waals surface area (Å²) in [5.74, 6) is 0.668. The molecule has 0 N–H and O–H groups in total. The van der Waals surface area contributed by atoms with Gasteiger partial charge in [-0.2, -0.15) is 0 Å². The molecule has 0 amide bonds. The van der Waals surface area contributed by atoms with Crippen LogP contribution in [0.5, 0.6) is 5.88 Å². The van der Waals surface area contributed by atoms with Crippen LogP contribution in [0.4, 0.5) is 0 Å². The van der Waals surface area contributed by atoms with Crippen molar-refractivity contribution in [3.05, 3.63) is 26.9 Å². The van der Waals surface area contributed by atoms with Gasteiger partial charge in [0.05, 0.1) is 12.7 Å². The fourth-order valence-corrected chi connectivity index (χ4v) is 1.10. The van der Waals surface area contributed by atoms with Gasteiger partial charge in [0, 0.05) is 14.1 Å². The predicted molar refractivity (Wildman–Crippen MR) is 57.3 cm³/mol. The Bertz CT molecular complexity index is 457. The zero-order valence-electron chi connectivity index (χ0n) is 9.48. The van der Waals surface area contributed by atoms with E-state index in [1.165, 1.54) is 17.7 Å². The van der Waals surface area contributed by atoms with Gasteiger partial charge in [0.1, 0.15) is 0 Å². The second-order valence-corrected chi connectivity index (χ2v) is 3.93. The SMILES string of the molecule is CC(C)COc1cc(=O)n(C)c(=O)n1C. The molecule has 0 saturated heterocycles. The summed E-state index contributed by atoms with van der Waals surface area (Å²) < 4.78 is 7.73. The smallest absolute Gasteiger partial charge is 0.333 e. The second-order valence-electron chi connectivity index (χ2n) is 3.93. The summed E-state index contributed by atoms with van der Waals surface area (Å²) in [6.45, 7) is 4.48. The molecule has 0 saturated carbocycles. The molecule has 0 unspecified atom stereocenters. The minimum atomic E-state index is -0.374. The Labute approximate surface area is 87.9 Å². The third kappa shape index (κ3) is 2.49. The van der Waals surface area contributed by atoms with Crippen LogP contribution in [-0.4, -0.2) is 15.7 Å². The normalized spacial score (nSPS) is 10.7. The van der Waals surface area contributed by atoms with Crippen LogP contribution in [0, 0.1) is 5.92 Å². The Morgan fingerprint density at radius 2 is 1.87 bits per heavy atom.